The zero-order chi connectivity index (χ0) is 38.8. The largest absolute Gasteiger partial charge is 0.508 e. The highest BCUT2D eigenvalue weighted by Crippen LogP contribution is 2.12. The highest BCUT2D eigenvalue weighted by molar-refractivity contribution is 5.95. The van der Waals surface area contributed by atoms with Gasteiger partial charge in [0.2, 0.25) is 29.5 Å². The Morgan fingerprint density at radius 2 is 1.33 bits per heavy atom. The van der Waals surface area contributed by atoms with Crippen LogP contribution in [-0.4, -0.2) is 95.0 Å². The Morgan fingerprint density at radius 3 is 1.92 bits per heavy atom. The lowest BCUT2D eigenvalue weighted by molar-refractivity contribution is -0.142. The minimum absolute atomic E-state index is 0.0364. The predicted molar refractivity (Wildman–Crippen MR) is 193 cm³/mol. The highest BCUT2D eigenvalue weighted by Gasteiger charge is 2.30. The van der Waals surface area contributed by atoms with E-state index in [0.717, 1.165) is 0 Å². The van der Waals surface area contributed by atoms with E-state index in [0.29, 0.717) is 17.5 Å². The van der Waals surface area contributed by atoms with Gasteiger partial charge in [-0.25, -0.2) is 4.79 Å². The SMILES string of the molecule is CC(C)C[C@H](NC(=O)[C@H](Cc1ccccc1)NC(=O)CNC(=O)[C@@H](C)NC(=O)[C@H](N)Cc1ccc(O)cc1)C(=O)N[C@@H](CCCNC(=N)N)C(=O)O. The third-order valence-electron chi connectivity index (χ3n) is 7.78. The summed E-state index contributed by atoms with van der Waals surface area (Å²) in [4.78, 5) is 77.1. The molecule has 5 amide bonds. The maximum Gasteiger partial charge on any atom is 0.326 e. The molecule has 0 radical (unpaired) electrons. The summed E-state index contributed by atoms with van der Waals surface area (Å²) in [5, 5.41) is 41.6. The Morgan fingerprint density at radius 1 is 0.731 bits per heavy atom. The summed E-state index contributed by atoms with van der Waals surface area (Å²) in [6.07, 6.45) is 0.693. The number of carbonyl (C=O) groups excluding carboxylic acids is 5. The average molecular weight is 726 g/mol. The highest BCUT2D eigenvalue weighted by atomic mass is 16.4. The van der Waals surface area contributed by atoms with Crippen LogP contribution in [0.1, 0.15) is 51.2 Å². The van der Waals surface area contributed by atoms with Crippen LogP contribution < -0.4 is 43.4 Å². The van der Waals surface area contributed by atoms with Gasteiger partial charge in [0, 0.05) is 13.0 Å². The molecule has 52 heavy (non-hydrogen) atoms. The summed E-state index contributed by atoms with van der Waals surface area (Å²) in [5.41, 5.74) is 12.6. The van der Waals surface area contributed by atoms with Crippen molar-refractivity contribution in [3.8, 4) is 5.75 Å². The van der Waals surface area contributed by atoms with E-state index in [1.807, 2.05) is 13.8 Å². The van der Waals surface area contributed by atoms with E-state index >= 15 is 0 Å². The van der Waals surface area contributed by atoms with Crippen LogP contribution in [0.2, 0.25) is 0 Å². The van der Waals surface area contributed by atoms with Crippen LogP contribution in [0.3, 0.4) is 0 Å². The zero-order valence-corrected chi connectivity index (χ0v) is 29.6. The molecule has 2 rings (SSSR count). The van der Waals surface area contributed by atoms with E-state index in [1.54, 1.807) is 42.5 Å². The Balaban J connectivity index is 2.05. The standard InChI is InChI=1S/C35H51N9O8/c1-20(2)16-27(32(49)43-26(34(51)52)10-7-15-39-35(37)38)44-33(50)28(18-22-8-5-4-6-9-22)42-29(46)19-40-30(47)21(3)41-31(48)25(36)17-23-11-13-24(45)14-12-23/h4-6,8-9,11-14,20-21,25-28,45H,7,10,15-19,36H2,1-3H3,(H,40,47)(H,41,48)(H,42,46)(H,43,49)(H,44,50)(H,51,52)(H4,37,38,39)/t21-,25-,26+,27+,28+/m1/s1. The van der Waals surface area contributed by atoms with Crippen molar-refractivity contribution in [1.82, 2.24) is 31.9 Å². The molecular weight excluding hydrogens is 674 g/mol. The average Bonchev–Trinajstić information content (AvgIpc) is 3.08. The second-order valence-corrected chi connectivity index (χ2v) is 12.8. The van der Waals surface area contributed by atoms with Crippen molar-refractivity contribution in [2.75, 3.05) is 13.1 Å². The number of carboxylic acids is 1. The van der Waals surface area contributed by atoms with Gasteiger partial charge in [0.1, 0.15) is 29.9 Å². The number of hydrogen-bond donors (Lipinski definition) is 11. The van der Waals surface area contributed by atoms with Crippen molar-refractivity contribution in [3.63, 3.8) is 0 Å². The Labute approximate surface area is 302 Å². The van der Waals surface area contributed by atoms with E-state index in [-0.39, 0.29) is 49.9 Å². The topological polar surface area (TPSA) is 291 Å². The van der Waals surface area contributed by atoms with Crippen molar-refractivity contribution >= 4 is 41.5 Å². The van der Waals surface area contributed by atoms with Gasteiger partial charge in [0.15, 0.2) is 5.96 Å². The number of carboxylic acid groups (broad SMARTS) is 1. The van der Waals surface area contributed by atoms with Crippen molar-refractivity contribution in [2.45, 2.75) is 83.1 Å². The maximum atomic E-state index is 13.6. The normalized spacial score (nSPS) is 13.7. The number of guanidine groups is 1. The van der Waals surface area contributed by atoms with Gasteiger partial charge in [0.25, 0.3) is 0 Å². The molecule has 0 fully saturated rings. The first-order valence-electron chi connectivity index (χ1n) is 16.9. The lowest BCUT2D eigenvalue weighted by Gasteiger charge is -2.26. The Bertz CT molecular complexity index is 1520. The van der Waals surface area contributed by atoms with Gasteiger partial charge in [-0.05, 0) is 61.8 Å². The smallest absolute Gasteiger partial charge is 0.326 e. The van der Waals surface area contributed by atoms with Crippen molar-refractivity contribution in [3.05, 3.63) is 65.7 Å². The fraction of sp³-hybridized carbons (Fsp3) is 0.457. The van der Waals surface area contributed by atoms with E-state index < -0.39 is 72.3 Å². The second-order valence-electron chi connectivity index (χ2n) is 12.8. The number of nitrogens with one attached hydrogen (secondary N) is 7. The van der Waals surface area contributed by atoms with Gasteiger partial charge in [-0.15, -0.1) is 0 Å². The van der Waals surface area contributed by atoms with Gasteiger partial charge in [-0.2, -0.15) is 0 Å². The van der Waals surface area contributed by atoms with E-state index in [4.69, 9.17) is 16.9 Å². The molecule has 0 aromatic heterocycles. The number of benzene rings is 2. The molecule has 2 aromatic carbocycles. The molecule has 17 heteroatoms. The van der Waals surface area contributed by atoms with Crippen LogP contribution in [-0.2, 0) is 41.6 Å². The third-order valence-corrected chi connectivity index (χ3v) is 7.78. The molecule has 0 aliphatic rings. The molecule has 0 heterocycles. The molecule has 0 aliphatic carbocycles. The first-order valence-corrected chi connectivity index (χ1v) is 16.9. The number of aromatic hydroxyl groups is 1. The number of rotatable bonds is 21. The van der Waals surface area contributed by atoms with Crippen LogP contribution in [0.25, 0.3) is 0 Å². The van der Waals surface area contributed by atoms with Gasteiger partial charge >= 0.3 is 5.97 Å². The van der Waals surface area contributed by atoms with E-state index in [9.17, 15) is 39.0 Å². The Hall–Kier alpha value is -5.71. The second kappa shape index (κ2) is 21.5. The summed E-state index contributed by atoms with van der Waals surface area (Å²) in [7, 11) is 0. The zero-order valence-electron chi connectivity index (χ0n) is 29.6. The minimum atomic E-state index is -1.27. The molecule has 0 unspecified atom stereocenters. The molecule has 13 N–H and O–H groups in total. The molecule has 284 valence electrons. The molecule has 0 saturated heterocycles. The molecule has 17 nitrogen and oxygen atoms in total. The molecule has 0 aliphatic heterocycles. The van der Waals surface area contributed by atoms with Crippen LogP contribution >= 0.6 is 0 Å². The molecule has 0 bridgehead atoms. The molecular formula is C35H51N9O8. The van der Waals surface area contributed by atoms with Gasteiger partial charge in [-0.1, -0.05) is 56.3 Å². The monoisotopic (exact) mass is 725 g/mol. The van der Waals surface area contributed by atoms with E-state index in [1.165, 1.54) is 19.1 Å². The van der Waals surface area contributed by atoms with Crippen LogP contribution in [0.5, 0.6) is 5.75 Å². The quantitative estimate of drug-likeness (QED) is 0.0420. The third kappa shape index (κ3) is 15.9. The number of amides is 5. The van der Waals surface area contributed by atoms with Crippen molar-refractivity contribution in [2.24, 2.45) is 17.4 Å². The molecule has 0 saturated carbocycles. The summed E-state index contributed by atoms with van der Waals surface area (Å²) < 4.78 is 0. The Kier molecular flexibility index (Phi) is 17.5. The number of nitrogens with two attached hydrogens (primary N) is 2. The van der Waals surface area contributed by atoms with Crippen LogP contribution in [0.4, 0.5) is 0 Å². The first kappa shape index (κ1) is 42.5. The van der Waals surface area contributed by atoms with E-state index in [2.05, 4.69) is 31.9 Å². The summed E-state index contributed by atoms with van der Waals surface area (Å²) in [6, 6.07) is 9.36. The maximum absolute atomic E-state index is 13.6. The molecule has 0 spiro atoms. The summed E-state index contributed by atoms with van der Waals surface area (Å²) >= 11 is 0. The van der Waals surface area contributed by atoms with Crippen LogP contribution in [0, 0.1) is 11.3 Å². The number of hydrogen-bond acceptors (Lipinski definition) is 9. The fourth-order valence-corrected chi connectivity index (χ4v) is 5.02. The molecule has 5 atom stereocenters. The number of carbonyl (C=O) groups is 6. The summed E-state index contributed by atoms with van der Waals surface area (Å²) in [5.74, 6) is -4.97. The number of phenols is 1. The van der Waals surface area contributed by atoms with Gasteiger partial charge < -0.3 is 53.6 Å². The van der Waals surface area contributed by atoms with Crippen molar-refractivity contribution in [1.29, 1.82) is 5.41 Å². The lowest BCUT2D eigenvalue weighted by Crippen LogP contribution is -2.57. The first-order chi connectivity index (χ1) is 24.5. The number of phenolic OH excluding ortho intramolecular Hbond substituents is 1. The predicted octanol–water partition coefficient (Wildman–Crippen LogP) is -1.03. The lowest BCUT2D eigenvalue weighted by atomic mass is 10.0. The number of aliphatic carboxylic acids is 1. The summed E-state index contributed by atoms with van der Waals surface area (Å²) in [6.45, 7) is 4.76. The van der Waals surface area contributed by atoms with Gasteiger partial charge in [-0.3, -0.25) is 29.4 Å². The fourth-order valence-electron chi connectivity index (χ4n) is 5.02. The van der Waals surface area contributed by atoms with Gasteiger partial charge in [0.05, 0.1) is 12.6 Å². The van der Waals surface area contributed by atoms with Crippen molar-refractivity contribution < 1.29 is 39.0 Å². The molecule has 2 aromatic rings. The van der Waals surface area contributed by atoms with Crippen LogP contribution in [0.15, 0.2) is 54.6 Å². The minimum Gasteiger partial charge on any atom is -0.508 e.